The van der Waals surface area contributed by atoms with E-state index < -0.39 is 77.8 Å². The van der Waals surface area contributed by atoms with E-state index in [0.29, 0.717) is 9.80 Å². The molecule has 0 aliphatic rings. The van der Waals surface area contributed by atoms with Gasteiger partial charge in [0.2, 0.25) is 0 Å². The highest BCUT2D eigenvalue weighted by atomic mass is 31.2. The minimum atomic E-state index is -4.72. The van der Waals surface area contributed by atoms with Crippen molar-refractivity contribution < 1.29 is 58.4 Å². The molecular weight excluding hydrogens is 402 g/mol. The summed E-state index contributed by atoms with van der Waals surface area (Å²) in [5.74, 6) is -4.64. The molecule has 1 unspecified atom stereocenters. The average Bonchev–Trinajstić information content (AvgIpc) is 2.36. The molecule has 14 nitrogen and oxygen atoms in total. The molecule has 0 aromatic rings. The van der Waals surface area contributed by atoms with E-state index in [-0.39, 0.29) is 0 Å². The van der Waals surface area contributed by atoms with E-state index in [2.05, 4.69) is 0 Å². The first kappa shape index (κ1) is 24.6. The van der Waals surface area contributed by atoms with E-state index in [1.54, 1.807) is 0 Å². The van der Waals surface area contributed by atoms with Crippen LogP contribution in [-0.4, -0.2) is 101 Å². The van der Waals surface area contributed by atoms with Gasteiger partial charge in [0.25, 0.3) is 0 Å². The normalized spacial score (nSPS) is 13.8. The highest BCUT2D eigenvalue weighted by molar-refractivity contribution is 7.52. The zero-order valence-corrected chi connectivity index (χ0v) is 15.1. The molecule has 0 spiro atoms. The highest BCUT2D eigenvalue weighted by Gasteiger charge is 2.31. The molecule has 1 atom stereocenters. The lowest BCUT2D eigenvalue weighted by molar-refractivity contribution is -0.152. The standard InChI is InChI=1S/C10H20N2O12P2/c13-8(14)3-7(10(17)18)12(4-9(15)16)2-1-11(5-25(19,20)21)6-26(22,23)24/h7H,1-6H2,(H,13,14)(H,15,16)(H,17,18)(H2,19,20,21)(H2,22,23,24). The molecule has 152 valence electrons. The summed E-state index contributed by atoms with van der Waals surface area (Å²) in [6, 6.07) is -1.75. The third kappa shape index (κ3) is 12.1. The third-order valence-electron chi connectivity index (χ3n) is 2.90. The van der Waals surface area contributed by atoms with E-state index in [1.807, 2.05) is 0 Å². The molecule has 0 fully saturated rings. The van der Waals surface area contributed by atoms with Gasteiger partial charge in [0.1, 0.15) is 18.6 Å². The van der Waals surface area contributed by atoms with Crippen molar-refractivity contribution in [3.8, 4) is 0 Å². The Morgan fingerprint density at radius 3 is 1.58 bits per heavy atom. The van der Waals surface area contributed by atoms with Crippen molar-refractivity contribution in [3.63, 3.8) is 0 Å². The van der Waals surface area contributed by atoms with Crippen LogP contribution in [0.1, 0.15) is 6.42 Å². The summed E-state index contributed by atoms with van der Waals surface area (Å²) in [4.78, 5) is 70.0. The maximum atomic E-state index is 11.2. The minimum absolute atomic E-state index is 0.517. The lowest BCUT2D eigenvalue weighted by Crippen LogP contribution is -2.48. The number of carboxylic acid groups (broad SMARTS) is 3. The summed E-state index contributed by atoms with van der Waals surface area (Å²) in [6.45, 7) is -1.94. The Morgan fingerprint density at radius 2 is 1.27 bits per heavy atom. The quantitative estimate of drug-likeness (QED) is 0.157. The zero-order chi connectivity index (χ0) is 20.7. The minimum Gasteiger partial charge on any atom is -0.481 e. The molecular formula is C10H20N2O12P2. The fourth-order valence-electron chi connectivity index (χ4n) is 2.03. The van der Waals surface area contributed by atoms with Gasteiger partial charge >= 0.3 is 33.1 Å². The van der Waals surface area contributed by atoms with Gasteiger partial charge in [-0.2, -0.15) is 0 Å². The van der Waals surface area contributed by atoms with E-state index in [1.165, 1.54) is 0 Å². The average molecular weight is 422 g/mol. The number of nitrogens with zero attached hydrogens (tertiary/aromatic N) is 2. The van der Waals surface area contributed by atoms with Crippen molar-refractivity contribution in [1.82, 2.24) is 9.80 Å². The zero-order valence-electron chi connectivity index (χ0n) is 13.3. The molecule has 0 bridgehead atoms. The van der Waals surface area contributed by atoms with Crippen molar-refractivity contribution in [2.75, 3.05) is 32.2 Å². The van der Waals surface area contributed by atoms with E-state index >= 15 is 0 Å². The smallest absolute Gasteiger partial charge is 0.339 e. The molecule has 0 aliphatic heterocycles. The Bertz CT molecular complexity index is 589. The lowest BCUT2D eigenvalue weighted by Gasteiger charge is -2.30. The lowest BCUT2D eigenvalue weighted by atomic mass is 10.1. The summed E-state index contributed by atoms with van der Waals surface area (Å²) < 4.78 is 22.1. The molecule has 0 rings (SSSR count). The first-order valence-corrected chi connectivity index (χ1v) is 10.4. The van der Waals surface area contributed by atoms with Gasteiger partial charge in [0, 0.05) is 13.1 Å². The van der Waals surface area contributed by atoms with Gasteiger partial charge in [-0.1, -0.05) is 0 Å². The molecule has 0 heterocycles. The molecule has 26 heavy (non-hydrogen) atoms. The van der Waals surface area contributed by atoms with Gasteiger partial charge in [-0.05, 0) is 0 Å². The Morgan fingerprint density at radius 1 is 0.808 bits per heavy atom. The second-order valence-electron chi connectivity index (χ2n) is 5.32. The maximum absolute atomic E-state index is 11.2. The molecule has 0 saturated heterocycles. The van der Waals surface area contributed by atoms with Gasteiger partial charge in [-0.3, -0.25) is 33.3 Å². The molecule has 0 aromatic heterocycles. The van der Waals surface area contributed by atoms with Crippen LogP contribution >= 0.6 is 15.2 Å². The predicted molar refractivity (Wildman–Crippen MR) is 83.4 cm³/mol. The summed E-state index contributed by atoms with van der Waals surface area (Å²) >= 11 is 0. The van der Waals surface area contributed by atoms with Crippen LogP contribution in [0.5, 0.6) is 0 Å². The topological polar surface area (TPSA) is 233 Å². The Labute approximate surface area is 147 Å². The fourth-order valence-corrected chi connectivity index (χ4v) is 3.72. The highest BCUT2D eigenvalue weighted by Crippen LogP contribution is 2.40. The molecule has 0 aromatic carbocycles. The molecule has 16 heteroatoms. The van der Waals surface area contributed by atoms with Crippen LogP contribution in [-0.2, 0) is 23.5 Å². The first-order valence-electron chi connectivity index (χ1n) is 6.82. The molecule has 0 saturated carbocycles. The van der Waals surface area contributed by atoms with Gasteiger partial charge < -0.3 is 34.9 Å². The van der Waals surface area contributed by atoms with Crippen LogP contribution in [0.15, 0.2) is 0 Å². The van der Waals surface area contributed by atoms with E-state index in [9.17, 15) is 23.5 Å². The van der Waals surface area contributed by atoms with Crippen LogP contribution in [0.3, 0.4) is 0 Å². The van der Waals surface area contributed by atoms with Crippen molar-refractivity contribution >= 4 is 33.1 Å². The van der Waals surface area contributed by atoms with Crippen molar-refractivity contribution in [2.24, 2.45) is 0 Å². The summed E-state index contributed by atoms with van der Waals surface area (Å²) in [5.41, 5.74) is 0. The van der Waals surface area contributed by atoms with Gasteiger partial charge in [-0.25, -0.2) is 0 Å². The molecule has 0 radical (unpaired) electrons. The Kier molecular flexibility index (Phi) is 9.56. The molecule has 0 amide bonds. The second-order valence-corrected chi connectivity index (χ2v) is 8.55. The fraction of sp³-hybridized carbons (Fsp3) is 0.700. The van der Waals surface area contributed by atoms with Gasteiger partial charge in [0.05, 0.1) is 13.0 Å². The van der Waals surface area contributed by atoms with Crippen molar-refractivity contribution in [2.45, 2.75) is 12.5 Å². The third-order valence-corrected chi connectivity index (χ3v) is 4.44. The van der Waals surface area contributed by atoms with Gasteiger partial charge in [-0.15, -0.1) is 0 Å². The first-order chi connectivity index (χ1) is 11.6. The van der Waals surface area contributed by atoms with Crippen LogP contribution in [0.4, 0.5) is 0 Å². The number of aliphatic carboxylic acids is 3. The van der Waals surface area contributed by atoms with Crippen LogP contribution in [0, 0.1) is 0 Å². The Hall–Kier alpha value is -1.37. The number of hydrogen-bond donors (Lipinski definition) is 7. The number of hydrogen-bond acceptors (Lipinski definition) is 7. The maximum Gasteiger partial charge on any atom is 0.339 e. The summed E-state index contributed by atoms with van der Waals surface area (Å²) in [6.07, 6.45) is -3.06. The van der Waals surface area contributed by atoms with Crippen LogP contribution in [0.2, 0.25) is 0 Å². The molecule has 0 aliphatic carbocycles. The summed E-state index contributed by atoms with van der Waals surface area (Å²) in [7, 11) is -9.45. The van der Waals surface area contributed by atoms with E-state index in [4.69, 9.17) is 34.9 Å². The van der Waals surface area contributed by atoms with Crippen molar-refractivity contribution in [1.29, 1.82) is 0 Å². The predicted octanol–water partition coefficient (Wildman–Crippen LogP) is -2.13. The summed E-state index contributed by atoms with van der Waals surface area (Å²) in [5, 5.41) is 26.7. The van der Waals surface area contributed by atoms with E-state index in [0.717, 1.165) is 0 Å². The number of carbonyl (C=O) groups is 3. The Balaban J connectivity index is 5.34. The SMILES string of the molecule is O=C(O)CC(C(=O)O)N(CCN(CP(=O)(O)O)CP(=O)(O)O)CC(=O)O. The monoisotopic (exact) mass is 422 g/mol. The van der Waals surface area contributed by atoms with Crippen LogP contribution in [0.25, 0.3) is 0 Å². The van der Waals surface area contributed by atoms with Crippen LogP contribution < -0.4 is 0 Å². The largest absolute Gasteiger partial charge is 0.481 e. The second kappa shape index (κ2) is 10.1. The number of rotatable bonds is 13. The van der Waals surface area contributed by atoms with Crippen molar-refractivity contribution in [3.05, 3.63) is 0 Å². The number of carboxylic acids is 3. The van der Waals surface area contributed by atoms with Gasteiger partial charge in [0.15, 0.2) is 0 Å². The molecule has 7 N–H and O–H groups in total.